The van der Waals surface area contributed by atoms with Gasteiger partial charge in [0, 0.05) is 26.1 Å². The van der Waals surface area contributed by atoms with Crippen LogP contribution in [0, 0.1) is 5.82 Å². The highest BCUT2D eigenvalue weighted by molar-refractivity contribution is 5.77. The van der Waals surface area contributed by atoms with E-state index in [2.05, 4.69) is 5.32 Å². The number of nitrogen functional groups attached to an aromatic ring is 1. The molecular weight excluding hydrogens is 233 g/mol. The number of hydrogen-bond acceptors (Lipinski definition) is 3. The van der Waals surface area contributed by atoms with Gasteiger partial charge in [-0.2, -0.15) is 0 Å². The van der Waals surface area contributed by atoms with Crippen LogP contribution in [0.1, 0.15) is 19.3 Å². The van der Waals surface area contributed by atoms with Gasteiger partial charge in [0.05, 0.1) is 11.4 Å². The number of carbonyl (C=O) groups is 1. The monoisotopic (exact) mass is 251 g/mol. The highest BCUT2D eigenvalue weighted by atomic mass is 19.1. The molecule has 0 aromatic heterocycles. The summed E-state index contributed by atoms with van der Waals surface area (Å²) >= 11 is 0. The molecule has 5 heteroatoms. The summed E-state index contributed by atoms with van der Waals surface area (Å²) in [5.41, 5.74) is 6.70. The van der Waals surface area contributed by atoms with Crippen molar-refractivity contribution < 1.29 is 9.18 Å². The van der Waals surface area contributed by atoms with Gasteiger partial charge in [-0.05, 0) is 31.0 Å². The third-order valence-corrected chi connectivity index (χ3v) is 3.13. The van der Waals surface area contributed by atoms with Crippen molar-refractivity contribution in [1.29, 1.82) is 0 Å². The van der Waals surface area contributed by atoms with Gasteiger partial charge in [-0.1, -0.05) is 0 Å². The predicted molar refractivity (Wildman–Crippen MR) is 69.7 cm³/mol. The van der Waals surface area contributed by atoms with Gasteiger partial charge < -0.3 is 16.0 Å². The summed E-state index contributed by atoms with van der Waals surface area (Å²) in [6.45, 7) is 2.26. The minimum absolute atomic E-state index is 0.167. The molecule has 0 radical (unpaired) electrons. The SMILES string of the molecule is Nc1cc(F)ccc1NCCC(=O)N1CCCC1. The van der Waals surface area contributed by atoms with Crippen LogP contribution in [0.5, 0.6) is 0 Å². The molecule has 0 spiro atoms. The Morgan fingerprint density at radius 2 is 2.11 bits per heavy atom. The Morgan fingerprint density at radius 3 is 2.78 bits per heavy atom. The molecule has 1 heterocycles. The highest BCUT2D eigenvalue weighted by Gasteiger charge is 2.17. The number of nitrogens with zero attached hydrogens (tertiary/aromatic N) is 1. The molecule has 0 unspecified atom stereocenters. The second-order valence-electron chi connectivity index (χ2n) is 4.50. The largest absolute Gasteiger partial charge is 0.397 e. The molecule has 0 atom stereocenters. The predicted octanol–water partition coefficient (Wildman–Crippen LogP) is 1.83. The molecule has 1 fully saturated rings. The Bertz CT molecular complexity index is 430. The summed E-state index contributed by atoms with van der Waals surface area (Å²) < 4.78 is 12.8. The molecule has 1 aliphatic heterocycles. The maximum Gasteiger partial charge on any atom is 0.224 e. The van der Waals surface area contributed by atoms with E-state index in [0.29, 0.717) is 24.3 Å². The number of carbonyl (C=O) groups excluding carboxylic acids is 1. The zero-order chi connectivity index (χ0) is 13.0. The molecular formula is C13H18FN3O. The van der Waals surface area contributed by atoms with E-state index in [1.807, 2.05) is 4.90 Å². The summed E-state index contributed by atoms with van der Waals surface area (Å²) in [6.07, 6.45) is 2.64. The van der Waals surface area contributed by atoms with Crippen LogP contribution in [-0.4, -0.2) is 30.4 Å². The molecule has 98 valence electrons. The van der Waals surface area contributed by atoms with E-state index in [0.717, 1.165) is 25.9 Å². The third kappa shape index (κ3) is 3.12. The summed E-state index contributed by atoms with van der Waals surface area (Å²) in [4.78, 5) is 13.7. The van der Waals surface area contributed by atoms with E-state index in [1.165, 1.54) is 12.1 Å². The van der Waals surface area contributed by atoms with Gasteiger partial charge in [-0.25, -0.2) is 4.39 Å². The molecule has 3 N–H and O–H groups in total. The number of halogens is 1. The van der Waals surface area contributed by atoms with E-state index < -0.39 is 0 Å². The van der Waals surface area contributed by atoms with Crippen molar-refractivity contribution in [2.75, 3.05) is 30.7 Å². The molecule has 1 aromatic rings. The minimum Gasteiger partial charge on any atom is -0.397 e. The lowest BCUT2D eigenvalue weighted by molar-refractivity contribution is -0.129. The number of hydrogen-bond donors (Lipinski definition) is 2. The Morgan fingerprint density at radius 1 is 1.39 bits per heavy atom. The van der Waals surface area contributed by atoms with Gasteiger partial charge in [0.15, 0.2) is 0 Å². The first-order valence-electron chi connectivity index (χ1n) is 6.23. The van der Waals surface area contributed by atoms with Gasteiger partial charge in [0.1, 0.15) is 5.82 Å². The van der Waals surface area contributed by atoms with Crippen LogP contribution < -0.4 is 11.1 Å². The minimum atomic E-state index is -0.355. The molecule has 1 saturated heterocycles. The maximum absolute atomic E-state index is 12.8. The Labute approximate surface area is 106 Å². The lowest BCUT2D eigenvalue weighted by Crippen LogP contribution is -2.29. The first kappa shape index (κ1) is 12.7. The quantitative estimate of drug-likeness (QED) is 0.803. The molecule has 4 nitrogen and oxygen atoms in total. The van der Waals surface area contributed by atoms with E-state index in [4.69, 9.17) is 5.73 Å². The van der Waals surface area contributed by atoms with Crippen LogP contribution in [0.3, 0.4) is 0 Å². The van der Waals surface area contributed by atoms with Crippen molar-refractivity contribution in [2.24, 2.45) is 0 Å². The number of nitrogens with one attached hydrogen (secondary N) is 1. The number of amides is 1. The maximum atomic E-state index is 12.8. The second-order valence-corrected chi connectivity index (χ2v) is 4.50. The molecule has 1 aliphatic rings. The lowest BCUT2D eigenvalue weighted by Gasteiger charge is -2.15. The molecule has 1 aromatic carbocycles. The van der Waals surface area contributed by atoms with Gasteiger partial charge >= 0.3 is 0 Å². The number of likely N-dealkylation sites (tertiary alicyclic amines) is 1. The molecule has 1 amide bonds. The zero-order valence-electron chi connectivity index (χ0n) is 10.3. The van der Waals surface area contributed by atoms with Crippen LogP contribution in [0.25, 0.3) is 0 Å². The van der Waals surface area contributed by atoms with Gasteiger partial charge in [-0.3, -0.25) is 4.79 Å². The van der Waals surface area contributed by atoms with Crippen molar-refractivity contribution >= 4 is 17.3 Å². The fourth-order valence-corrected chi connectivity index (χ4v) is 2.12. The number of nitrogens with two attached hydrogens (primary N) is 1. The van der Waals surface area contributed by atoms with Crippen LogP contribution in [0.4, 0.5) is 15.8 Å². The molecule has 0 saturated carbocycles. The average molecular weight is 251 g/mol. The third-order valence-electron chi connectivity index (χ3n) is 3.13. The van der Waals surface area contributed by atoms with Gasteiger partial charge in [-0.15, -0.1) is 0 Å². The van der Waals surface area contributed by atoms with Crippen LogP contribution in [0.15, 0.2) is 18.2 Å². The van der Waals surface area contributed by atoms with Crippen molar-refractivity contribution in [2.45, 2.75) is 19.3 Å². The zero-order valence-corrected chi connectivity index (χ0v) is 10.3. The van der Waals surface area contributed by atoms with Gasteiger partial charge in [0.2, 0.25) is 5.91 Å². The second kappa shape index (κ2) is 5.71. The van der Waals surface area contributed by atoms with Crippen molar-refractivity contribution in [3.8, 4) is 0 Å². The van der Waals surface area contributed by atoms with E-state index in [9.17, 15) is 9.18 Å². The van der Waals surface area contributed by atoms with Crippen LogP contribution in [-0.2, 0) is 4.79 Å². The fourth-order valence-electron chi connectivity index (χ4n) is 2.12. The smallest absolute Gasteiger partial charge is 0.224 e. The van der Waals surface area contributed by atoms with E-state index in [1.54, 1.807) is 6.07 Å². The summed E-state index contributed by atoms with van der Waals surface area (Å²) in [5.74, 6) is -0.188. The summed E-state index contributed by atoms with van der Waals surface area (Å²) in [7, 11) is 0. The molecule has 18 heavy (non-hydrogen) atoms. The van der Waals surface area contributed by atoms with Crippen LogP contribution >= 0.6 is 0 Å². The Hall–Kier alpha value is -1.78. The average Bonchev–Trinajstić information content (AvgIpc) is 2.85. The molecule has 0 aliphatic carbocycles. The van der Waals surface area contributed by atoms with E-state index in [-0.39, 0.29) is 11.7 Å². The van der Waals surface area contributed by atoms with Crippen molar-refractivity contribution in [3.63, 3.8) is 0 Å². The summed E-state index contributed by atoms with van der Waals surface area (Å²) in [5, 5.41) is 3.06. The molecule has 2 rings (SSSR count). The first-order valence-corrected chi connectivity index (χ1v) is 6.23. The fraction of sp³-hybridized carbons (Fsp3) is 0.462. The standard InChI is InChI=1S/C13H18FN3O/c14-10-3-4-12(11(15)9-10)16-6-5-13(18)17-7-1-2-8-17/h3-4,9,16H,1-2,5-8,15H2. The highest BCUT2D eigenvalue weighted by Crippen LogP contribution is 2.19. The molecule has 0 bridgehead atoms. The Kier molecular flexibility index (Phi) is 4.02. The lowest BCUT2D eigenvalue weighted by atomic mass is 10.2. The first-order chi connectivity index (χ1) is 8.66. The number of rotatable bonds is 4. The van der Waals surface area contributed by atoms with Gasteiger partial charge in [0.25, 0.3) is 0 Å². The number of anilines is 2. The van der Waals surface area contributed by atoms with Crippen molar-refractivity contribution in [1.82, 2.24) is 4.90 Å². The van der Waals surface area contributed by atoms with Crippen LogP contribution in [0.2, 0.25) is 0 Å². The Balaban J connectivity index is 1.79. The normalized spacial score (nSPS) is 14.8. The van der Waals surface area contributed by atoms with Crippen molar-refractivity contribution in [3.05, 3.63) is 24.0 Å². The number of benzene rings is 1. The topological polar surface area (TPSA) is 58.4 Å². The summed E-state index contributed by atoms with van der Waals surface area (Å²) in [6, 6.07) is 4.20. The van der Waals surface area contributed by atoms with E-state index >= 15 is 0 Å².